The molecule has 0 saturated carbocycles. The molecule has 2 fully saturated rings. The Morgan fingerprint density at radius 2 is 1.61 bits per heavy atom. The van der Waals surface area contributed by atoms with Crippen molar-refractivity contribution in [1.82, 2.24) is 31.2 Å². The third-order valence-electron chi connectivity index (χ3n) is 9.00. The maximum absolute atomic E-state index is 13.3. The highest BCUT2D eigenvalue weighted by atomic mass is 16.5. The zero-order chi connectivity index (χ0) is 36.1. The Morgan fingerprint density at radius 3 is 2.27 bits per heavy atom. The molecule has 1 aromatic carbocycles. The fourth-order valence-electron chi connectivity index (χ4n) is 6.00. The lowest BCUT2D eigenvalue weighted by Crippen LogP contribution is -2.57. The van der Waals surface area contributed by atoms with E-state index in [9.17, 15) is 28.8 Å². The number of rotatable bonds is 8. The number of morpholine rings is 1. The van der Waals surface area contributed by atoms with Gasteiger partial charge in [-0.15, -0.1) is 0 Å². The molecule has 0 bridgehead atoms. The van der Waals surface area contributed by atoms with Crippen LogP contribution in [-0.2, 0) is 33.5 Å². The number of aromatic nitrogens is 1. The monoisotopic (exact) mass is 686 g/mol. The summed E-state index contributed by atoms with van der Waals surface area (Å²) in [4.78, 5) is 79.8. The maximum Gasteiger partial charge on any atom is 0.305 e. The van der Waals surface area contributed by atoms with Gasteiger partial charge in [-0.25, -0.2) is 0 Å². The van der Waals surface area contributed by atoms with Crippen molar-refractivity contribution in [3.05, 3.63) is 36.0 Å². The Bertz CT molecular complexity index is 1470. The molecular formula is C34H52N7O8+. The van der Waals surface area contributed by atoms with Gasteiger partial charge >= 0.3 is 5.97 Å². The molecule has 270 valence electrons. The Balaban J connectivity index is 0.000000546. The van der Waals surface area contributed by atoms with Gasteiger partial charge in [-0.2, -0.15) is 0 Å². The zero-order valence-corrected chi connectivity index (χ0v) is 29.2. The number of hydrogen-bond acceptors (Lipinski definition) is 7. The normalized spacial score (nSPS) is 22.5. The summed E-state index contributed by atoms with van der Waals surface area (Å²) in [6.45, 7) is 8.73. The topological polar surface area (TPSA) is 199 Å². The van der Waals surface area contributed by atoms with E-state index in [-0.39, 0.29) is 5.92 Å². The number of unbranched alkanes of at least 4 members (excludes halogenated alkanes) is 1. The lowest BCUT2D eigenvalue weighted by molar-refractivity contribution is -0.917. The van der Waals surface area contributed by atoms with Crippen molar-refractivity contribution in [3.8, 4) is 0 Å². The number of likely N-dealkylation sites (N-methyl/N-ethyl adjacent to an activating group) is 2. The fraction of sp³-hybridized carbons (Fsp3) is 0.588. The molecule has 3 heterocycles. The molecule has 0 aliphatic carbocycles. The van der Waals surface area contributed by atoms with Crippen LogP contribution in [0.5, 0.6) is 0 Å². The molecule has 2 aliphatic rings. The number of carboxylic acids is 1. The van der Waals surface area contributed by atoms with Gasteiger partial charge in [0, 0.05) is 24.1 Å². The third-order valence-corrected chi connectivity index (χ3v) is 9.00. The minimum atomic E-state index is -1.45. The van der Waals surface area contributed by atoms with Crippen molar-refractivity contribution >= 4 is 46.4 Å². The van der Waals surface area contributed by atoms with Crippen molar-refractivity contribution < 1.29 is 43.1 Å². The van der Waals surface area contributed by atoms with Crippen molar-refractivity contribution in [2.75, 3.05) is 60.0 Å². The minimum Gasteiger partial charge on any atom is -0.481 e. The van der Waals surface area contributed by atoms with E-state index in [1.165, 1.54) is 28.4 Å². The van der Waals surface area contributed by atoms with Crippen molar-refractivity contribution in [2.45, 2.75) is 64.6 Å². The number of ether oxygens (including phenoxy) is 1. The fourth-order valence-corrected chi connectivity index (χ4v) is 6.00. The predicted molar refractivity (Wildman–Crippen MR) is 182 cm³/mol. The minimum absolute atomic E-state index is 0.317. The molecule has 1 unspecified atom stereocenters. The van der Waals surface area contributed by atoms with Crippen LogP contribution < -0.4 is 21.3 Å². The number of aryl methyl sites for hydroxylation is 1. The predicted octanol–water partition coefficient (Wildman–Crippen LogP) is 0.283. The number of carboxylic acid groups (broad SMARTS) is 1. The number of fused-ring (bicyclic) bond motifs is 1. The Kier molecular flexibility index (Phi) is 14.6. The van der Waals surface area contributed by atoms with E-state index in [4.69, 9.17) is 9.84 Å². The SMILES string of the molecule is CC(C)C1C(=O)N[C@@H](CCCC[N+]2(C)CCOCC2)C(=O)NCC(=O)N[C@@H](CC(=O)O)C(=O)NCC(=O)N1C.Cc1c[nH]c2ccccc12. The number of hydrogen-bond donors (Lipinski definition) is 6. The van der Waals surface area contributed by atoms with Gasteiger partial charge in [-0.1, -0.05) is 32.0 Å². The van der Waals surface area contributed by atoms with Crippen LogP contribution in [0.15, 0.2) is 30.5 Å². The summed E-state index contributed by atoms with van der Waals surface area (Å²) in [5, 5.41) is 20.3. The Labute approximate surface area is 287 Å². The second kappa shape index (κ2) is 18.3. The number of para-hydroxylation sites is 1. The lowest BCUT2D eigenvalue weighted by Gasteiger charge is -2.37. The van der Waals surface area contributed by atoms with Gasteiger partial charge < -0.3 is 45.5 Å². The van der Waals surface area contributed by atoms with Crippen LogP contribution in [0.25, 0.3) is 10.9 Å². The van der Waals surface area contributed by atoms with Crippen LogP contribution in [-0.4, -0.2) is 133 Å². The molecule has 5 amide bonds. The summed E-state index contributed by atoms with van der Waals surface area (Å²) in [6.07, 6.45) is 3.09. The molecule has 3 atom stereocenters. The first-order valence-corrected chi connectivity index (χ1v) is 16.8. The van der Waals surface area contributed by atoms with Gasteiger partial charge in [0.25, 0.3) is 0 Å². The molecule has 49 heavy (non-hydrogen) atoms. The average Bonchev–Trinajstić information content (AvgIpc) is 3.43. The van der Waals surface area contributed by atoms with E-state index < -0.39 is 73.1 Å². The molecule has 4 rings (SSSR count). The quantitative estimate of drug-likeness (QED) is 0.168. The van der Waals surface area contributed by atoms with E-state index in [1.54, 1.807) is 13.8 Å². The summed E-state index contributed by atoms with van der Waals surface area (Å²) in [7, 11) is 3.59. The Hall–Kier alpha value is -4.50. The van der Waals surface area contributed by atoms with Crippen molar-refractivity contribution in [3.63, 3.8) is 0 Å². The number of aromatic amines is 1. The van der Waals surface area contributed by atoms with Crippen LogP contribution in [0.3, 0.4) is 0 Å². The summed E-state index contributed by atoms with van der Waals surface area (Å²) in [6, 6.07) is 4.98. The molecular weight excluding hydrogens is 634 g/mol. The first-order valence-electron chi connectivity index (χ1n) is 16.8. The number of H-pyrrole nitrogens is 1. The van der Waals surface area contributed by atoms with E-state index >= 15 is 0 Å². The van der Waals surface area contributed by atoms with Crippen molar-refractivity contribution in [1.29, 1.82) is 0 Å². The molecule has 2 saturated heterocycles. The molecule has 6 N–H and O–H groups in total. The van der Waals surface area contributed by atoms with Gasteiger partial charge in [-0.05, 0) is 43.7 Å². The van der Waals surface area contributed by atoms with Gasteiger partial charge in [0.15, 0.2) is 0 Å². The number of nitrogens with one attached hydrogen (secondary N) is 5. The second-order valence-corrected chi connectivity index (χ2v) is 13.3. The van der Waals surface area contributed by atoms with Crippen molar-refractivity contribution in [2.24, 2.45) is 5.92 Å². The molecule has 1 aromatic heterocycles. The van der Waals surface area contributed by atoms with Gasteiger partial charge in [0.1, 0.15) is 31.2 Å². The van der Waals surface area contributed by atoms with Crippen LogP contribution in [0.4, 0.5) is 0 Å². The molecule has 0 spiro atoms. The number of quaternary nitrogens is 1. The van der Waals surface area contributed by atoms with Crippen LogP contribution in [0, 0.1) is 12.8 Å². The average molecular weight is 687 g/mol. The maximum atomic E-state index is 13.3. The molecule has 2 aromatic rings. The largest absolute Gasteiger partial charge is 0.481 e. The summed E-state index contributed by atoms with van der Waals surface area (Å²) < 4.78 is 6.31. The first kappa shape index (κ1) is 38.9. The van der Waals surface area contributed by atoms with E-state index in [1.807, 2.05) is 12.3 Å². The molecule has 0 radical (unpaired) electrons. The third kappa shape index (κ3) is 11.9. The van der Waals surface area contributed by atoms with E-state index in [2.05, 4.69) is 58.4 Å². The van der Waals surface area contributed by atoms with Gasteiger partial charge in [0.05, 0.1) is 46.3 Å². The highest BCUT2D eigenvalue weighted by Gasteiger charge is 2.34. The van der Waals surface area contributed by atoms with Crippen LogP contribution >= 0.6 is 0 Å². The molecule has 15 nitrogen and oxygen atoms in total. The number of carbonyl (C=O) groups is 6. The Morgan fingerprint density at radius 1 is 0.959 bits per heavy atom. The number of carbonyl (C=O) groups excluding carboxylic acids is 5. The smallest absolute Gasteiger partial charge is 0.305 e. The molecule has 2 aliphatic heterocycles. The summed E-state index contributed by atoms with van der Waals surface area (Å²) in [5.41, 5.74) is 2.54. The number of nitrogens with zero attached hydrogens (tertiary/aromatic N) is 2. The van der Waals surface area contributed by atoms with Crippen LogP contribution in [0.1, 0.15) is 45.1 Å². The van der Waals surface area contributed by atoms with Crippen LogP contribution in [0.2, 0.25) is 0 Å². The van der Waals surface area contributed by atoms with Gasteiger partial charge in [-0.3, -0.25) is 28.8 Å². The zero-order valence-electron chi connectivity index (χ0n) is 29.2. The van der Waals surface area contributed by atoms with Gasteiger partial charge in [0.2, 0.25) is 29.5 Å². The van der Waals surface area contributed by atoms with E-state index in [0.717, 1.165) is 30.5 Å². The number of benzene rings is 1. The molecule has 15 heteroatoms. The van der Waals surface area contributed by atoms with E-state index in [0.29, 0.717) is 26.1 Å². The number of aliphatic carboxylic acids is 1. The second-order valence-electron chi connectivity index (χ2n) is 13.3. The summed E-state index contributed by atoms with van der Waals surface area (Å²) >= 11 is 0. The highest BCUT2D eigenvalue weighted by molar-refractivity contribution is 5.97. The standard InChI is InChI=1S/C25H42N6O8.C9H9N/c1-16(2)22-25(38)29-17(7-5-6-8-31(4)9-11-39-12-10-31)23(36)26-14-19(32)28-18(13-21(34)35)24(37)27-15-20(33)30(22)3;1-7-6-10-9-5-3-2-4-8(7)9/h16-18,22H,5-15H2,1-4H3,(H4-,26,27,28,29,32,34,35,36,37,38);2-6,10H,1H3/p+1/t17-,18-,22?;/m0./s1. The summed E-state index contributed by atoms with van der Waals surface area (Å²) in [5.74, 6) is -4.99. The first-order chi connectivity index (χ1) is 23.2. The lowest BCUT2D eigenvalue weighted by atomic mass is 10.00. The highest BCUT2D eigenvalue weighted by Crippen LogP contribution is 2.16. The number of amides is 5.